The monoisotopic (exact) mass is 348 g/mol. The molecule has 2 aromatic rings. The second-order valence-electron chi connectivity index (χ2n) is 5.10. The van der Waals surface area contributed by atoms with Gasteiger partial charge < -0.3 is 15.8 Å². The molecule has 0 aliphatic carbocycles. The van der Waals surface area contributed by atoms with Crippen LogP contribution in [0.15, 0.2) is 24.5 Å². The van der Waals surface area contributed by atoms with Crippen LogP contribution in [0.2, 0.25) is 5.15 Å². The number of ether oxygens (including phenoxy) is 1. The van der Waals surface area contributed by atoms with Gasteiger partial charge in [-0.15, -0.1) is 0 Å². The number of carbonyl (C=O) groups is 1. The zero-order valence-electron chi connectivity index (χ0n) is 12.9. The van der Waals surface area contributed by atoms with Crippen LogP contribution in [-0.4, -0.2) is 33.9 Å². The number of amides is 1. The predicted octanol–water partition coefficient (Wildman–Crippen LogP) is 2.27. The Bertz CT molecular complexity index is 706. The van der Waals surface area contributed by atoms with Crippen LogP contribution in [0.5, 0.6) is 0 Å². The van der Waals surface area contributed by atoms with Gasteiger partial charge in [-0.2, -0.15) is 5.10 Å². The zero-order chi connectivity index (χ0) is 17.5. The molecule has 3 N–H and O–H groups in total. The van der Waals surface area contributed by atoms with Crippen LogP contribution in [0.1, 0.15) is 29.2 Å². The van der Waals surface area contributed by atoms with Gasteiger partial charge in [0, 0.05) is 19.4 Å². The molecule has 9 heteroatoms. The summed E-state index contributed by atoms with van der Waals surface area (Å²) in [5.74, 6) is -0.130. The number of anilines is 2. The number of hydrogen-bond acceptors (Lipinski definition) is 6. The Kier molecular flexibility index (Phi) is 6.12. The van der Waals surface area contributed by atoms with Crippen molar-refractivity contribution in [2.24, 2.45) is 5.73 Å². The number of nitriles is 1. The summed E-state index contributed by atoms with van der Waals surface area (Å²) in [6.45, 7) is 4.85. The van der Waals surface area contributed by atoms with Crippen molar-refractivity contribution in [2.45, 2.75) is 18.9 Å². The van der Waals surface area contributed by atoms with Gasteiger partial charge in [0.25, 0.3) is 5.91 Å². The molecular weight excluding hydrogens is 332 g/mol. The standard InChI is InChI=1S/C14H16ClN5O2.CHN/c15-12-4-3-9(6-17-12)18-14-11(13(16)21)7-20(19-14)10-2-1-5-22-8-10;1-2/h3-4,6-7,10H,1-2,5,8H2,(H2,16,21)(H,18,19);1H. The highest BCUT2D eigenvalue weighted by atomic mass is 35.5. The van der Waals surface area contributed by atoms with Crippen molar-refractivity contribution in [1.82, 2.24) is 14.8 Å². The molecule has 1 atom stereocenters. The second-order valence-corrected chi connectivity index (χ2v) is 5.49. The van der Waals surface area contributed by atoms with Crippen LogP contribution in [0.3, 0.4) is 0 Å². The number of primary amides is 1. The van der Waals surface area contributed by atoms with Gasteiger partial charge in [0.1, 0.15) is 10.7 Å². The number of hydrogen-bond donors (Lipinski definition) is 2. The Morgan fingerprint density at radius 2 is 2.29 bits per heavy atom. The van der Waals surface area contributed by atoms with Gasteiger partial charge in [-0.25, -0.2) is 10.2 Å². The molecule has 1 saturated heterocycles. The van der Waals surface area contributed by atoms with E-state index in [9.17, 15) is 4.79 Å². The minimum absolute atomic E-state index is 0.116. The van der Waals surface area contributed by atoms with Gasteiger partial charge >= 0.3 is 0 Å². The first-order valence-electron chi connectivity index (χ1n) is 7.24. The molecule has 0 bridgehead atoms. The number of nitrogens with one attached hydrogen (secondary N) is 1. The smallest absolute Gasteiger partial charge is 0.254 e. The third-order valence-electron chi connectivity index (χ3n) is 3.50. The lowest BCUT2D eigenvalue weighted by atomic mass is 10.1. The van der Waals surface area contributed by atoms with Gasteiger partial charge in [0.05, 0.1) is 24.5 Å². The molecule has 24 heavy (non-hydrogen) atoms. The fourth-order valence-electron chi connectivity index (χ4n) is 2.37. The van der Waals surface area contributed by atoms with Gasteiger partial charge in [-0.3, -0.25) is 9.48 Å². The average Bonchev–Trinajstić information content (AvgIpc) is 3.04. The predicted molar refractivity (Wildman–Crippen MR) is 89.0 cm³/mol. The summed E-state index contributed by atoms with van der Waals surface area (Å²) in [4.78, 5) is 15.6. The molecule has 0 aromatic carbocycles. The first-order valence-corrected chi connectivity index (χ1v) is 7.62. The molecule has 1 aliphatic heterocycles. The van der Waals surface area contributed by atoms with Gasteiger partial charge in [-0.1, -0.05) is 11.6 Å². The fraction of sp³-hybridized carbons (Fsp3) is 0.333. The molecule has 1 amide bonds. The van der Waals surface area contributed by atoms with Crippen LogP contribution in [0.4, 0.5) is 11.5 Å². The van der Waals surface area contributed by atoms with E-state index in [-0.39, 0.29) is 6.04 Å². The second kappa shape index (κ2) is 8.29. The molecule has 2 aromatic heterocycles. The topological polar surface area (TPSA) is 119 Å². The summed E-state index contributed by atoms with van der Waals surface area (Å²) >= 11 is 5.76. The van der Waals surface area contributed by atoms with Crippen molar-refractivity contribution >= 4 is 29.0 Å². The normalized spacial score (nSPS) is 16.7. The summed E-state index contributed by atoms with van der Waals surface area (Å²) < 4.78 is 7.20. The number of pyridine rings is 1. The van der Waals surface area contributed by atoms with Crippen molar-refractivity contribution < 1.29 is 9.53 Å². The number of rotatable bonds is 4. The number of carbonyl (C=O) groups excluding carboxylic acids is 1. The van der Waals surface area contributed by atoms with E-state index in [1.165, 1.54) is 0 Å². The largest absolute Gasteiger partial charge is 0.379 e. The van der Waals surface area contributed by atoms with E-state index in [0.29, 0.717) is 28.8 Å². The van der Waals surface area contributed by atoms with Crippen LogP contribution < -0.4 is 11.1 Å². The van der Waals surface area contributed by atoms with E-state index in [4.69, 9.17) is 27.3 Å². The lowest BCUT2D eigenvalue weighted by Crippen LogP contribution is -2.21. The Morgan fingerprint density at radius 1 is 1.50 bits per heavy atom. The van der Waals surface area contributed by atoms with Crippen LogP contribution in [0.25, 0.3) is 0 Å². The summed E-state index contributed by atoms with van der Waals surface area (Å²) in [6.07, 6.45) is 5.16. The molecule has 1 aliphatic rings. The molecule has 1 fully saturated rings. The zero-order valence-corrected chi connectivity index (χ0v) is 13.6. The molecule has 3 rings (SSSR count). The number of nitrogens with two attached hydrogens (primary N) is 1. The summed E-state index contributed by atoms with van der Waals surface area (Å²) in [6, 6.07) is 3.52. The van der Waals surface area contributed by atoms with Crippen LogP contribution in [0, 0.1) is 11.8 Å². The Hall–Kier alpha value is -2.63. The lowest BCUT2D eigenvalue weighted by molar-refractivity contribution is 0.0550. The highest BCUT2D eigenvalue weighted by Gasteiger charge is 2.21. The summed E-state index contributed by atoms with van der Waals surface area (Å²) in [5.41, 5.74) is 6.45. The highest BCUT2D eigenvalue weighted by molar-refractivity contribution is 6.29. The van der Waals surface area contributed by atoms with Gasteiger partial charge in [0.2, 0.25) is 0 Å². The van der Waals surface area contributed by atoms with Gasteiger partial charge in [-0.05, 0) is 25.0 Å². The molecule has 1 unspecified atom stereocenters. The molecule has 8 nitrogen and oxygen atoms in total. The van der Waals surface area contributed by atoms with E-state index in [0.717, 1.165) is 19.4 Å². The summed E-state index contributed by atoms with van der Waals surface area (Å²) in [5, 5.41) is 14.4. The first kappa shape index (κ1) is 17.7. The average molecular weight is 349 g/mol. The number of aromatic nitrogens is 3. The van der Waals surface area contributed by atoms with Crippen LogP contribution >= 0.6 is 11.6 Å². The van der Waals surface area contributed by atoms with Crippen molar-refractivity contribution in [1.29, 1.82) is 5.26 Å². The molecule has 0 saturated carbocycles. The maximum absolute atomic E-state index is 11.6. The SMILES string of the molecule is C#N.NC(=O)c1cn(C2CCCOC2)nc1Nc1ccc(Cl)nc1. The first-order chi connectivity index (χ1) is 11.6. The summed E-state index contributed by atoms with van der Waals surface area (Å²) in [7, 11) is 0. The minimum atomic E-state index is -0.535. The molecule has 3 heterocycles. The third-order valence-corrected chi connectivity index (χ3v) is 3.72. The minimum Gasteiger partial charge on any atom is -0.379 e. The molecule has 0 spiro atoms. The Balaban J connectivity index is 0.00000100. The van der Waals surface area contributed by atoms with E-state index in [2.05, 4.69) is 22.0 Å². The molecular formula is C15H17ClN6O2. The number of halogens is 1. The van der Waals surface area contributed by atoms with E-state index in [1.807, 2.05) is 0 Å². The lowest BCUT2D eigenvalue weighted by Gasteiger charge is -2.22. The maximum Gasteiger partial charge on any atom is 0.254 e. The third kappa shape index (κ3) is 4.22. The van der Waals surface area contributed by atoms with Crippen molar-refractivity contribution in [2.75, 3.05) is 18.5 Å². The molecule has 0 radical (unpaired) electrons. The maximum atomic E-state index is 11.6. The van der Waals surface area contributed by atoms with Crippen LogP contribution in [-0.2, 0) is 4.74 Å². The van der Waals surface area contributed by atoms with E-state index in [1.54, 1.807) is 29.2 Å². The Labute approximate surface area is 144 Å². The molecule has 126 valence electrons. The Morgan fingerprint density at radius 3 is 2.88 bits per heavy atom. The number of nitrogens with zero attached hydrogens (tertiary/aromatic N) is 4. The van der Waals surface area contributed by atoms with Crippen molar-refractivity contribution in [3.8, 4) is 6.57 Å². The van der Waals surface area contributed by atoms with E-state index >= 15 is 0 Å². The highest BCUT2D eigenvalue weighted by Crippen LogP contribution is 2.24. The van der Waals surface area contributed by atoms with Gasteiger partial charge in [0.15, 0.2) is 5.82 Å². The fourth-order valence-corrected chi connectivity index (χ4v) is 2.48. The van der Waals surface area contributed by atoms with E-state index < -0.39 is 5.91 Å². The quantitative estimate of drug-likeness (QED) is 0.818. The van der Waals surface area contributed by atoms with Crippen molar-refractivity contribution in [3.05, 3.63) is 35.2 Å². The van der Waals surface area contributed by atoms with Crippen molar-refractivity contribution in [3.63, 3.8) is 0 Å².